The number of carbonyl (C=O) groups is 1. The lowest BCUT2D eigenvalue weighted by Crippen LogP contribution is -2.27. The van der Waals surface area contributed by atoms with Gasteiger partial charge in [-0.05, 0) is 17.5 Å². The van der Waals surface area contributed by atoms with Crippen LogP contribution in [0, 0.1) is 0 Å². The molecular weight excluding hydrogens is 254 g/mol. The first-order valence-electron chi connectivity index (χ1n) is 6.64. The van der Waals surface area contributed by atoms with Gasteiger partial charge in [0.25, 0.3) is 0 Å². The van der Waals surface area contributed by atoms with Gasteiger partial charge >= 0.3 is 0 Å². The van der Waals surface area contributed by atoms with Gasteiger partial charge in [-0.2, -0.15) is 0 Å². The van der Waals surface area contributed by atoms with Crippen LogP contribution in [0.3, 0.4) is 0 Å². The number of likely N-dealkylation sites (N-methyl/N-ethyl adjacent to an activating group) is 1. The van der Waals surface area contributed by atoms with Crippen molar-refractivity contribution >= 4 is 5.91 Å². The molecule has 2 heterocycles. The lowest BCUT2D eigenvalue weighted by molar-refractivity contribution is -0.129. The standard InChI is InChI=1S/C15H19N3O2/c1-11(2)14-8-13(20-17-14)10-18(3)15(19)7-12-5-4-6-16-9-12/h4-6,8-9,11H,7,10H2,1-3H3. The predicted octanol–water partition coefficient (Wildman–Crippen LogP) is 2.39. The van der Waals surface area contributed by atoms with E-state index in [0.717, 1.165) is 11.3 Å². The molecule has 0 N–H and O–H groups in total. The second-order valence-electron chi connectivity index (χ2n) is 5.16. The maximum Gasteiger partial charge on any atom is 0.227 e. The van der Waals surface area contributed by atoms with Crippen molar-refractivity contribution in [2.75, 3.05) is 7.05 Å². The summed E-state index contributed by atoms with van der Waals surface area (Å²) in [6.45, 7) is 4.54. The van der Waals surface area contributed by atoms with Crippen molar-refractivity contribution in [2.45, 2.75) is 32.7 Å². The normalized spacial score (nSPS) is 10.8. The molecule has 2 aromatic heterocycles. The van der Waals surface area contributed by atoms with Gasteiger partial charge in [0.2, 0.25) is 5.91 Å². The molecule has 0 saturated heterocycles. The molecule has 0 aromatic carbocycles. The van der Waals surface area contributed by atoms with Crippen molar-refractivity contribution in [1.82, 2.24) is 15.0 Å². The molecule has 0 bridgehead atoms. The summed E-state index contributed by atoms with van der Waals surface area (Å²) in [5.74, 6) is 1.06. The van der Waals surface area contributed by atoms with Gasteiger partial charge in [0, 0.05) is 25.5 Å². The van der Waals surface area contributed by atoms with Crippen LogP contribution in [0.5, 0.6) is 0 Å². The van der Waals surface area contributed by atoms with Crippen molar-refractivity contribution in [3.63, 3.8) is 0 Å². The van der Waals surface area contributed by atoms with E-state index in [4.69, 9.17) is 4.52 Å². The Morgan fingerprint density at radius 2 is 2.25 bits per heavy atom. The van der Waals surface area contributed by atoms with E-state index in [1.54, 1.807) is 24.3 Å². The smallest absolute Gasteiger partial charge is 0.227 e. The Morgan fingerprint density at radius 1 is 1.45 bits per heavy atom. The van der Waals surface area contributed by atoms with E-state index in [2.05, 4.69) is 24.0 Å². The molecule has 2 rings (SSSR count). The number of aromatic nitrogens is 2. The zero-order valence-electron chi connectivity index (χ0n) is 12.0. The number of nitrogens with zero attached hydrogens (tertiary/aromatic N) is 3. The van der Waals surface area contributed by atoms with E-state index in [9.17, 15) is 4.79 Å². The van der Waals surface area contributed by atoms with Crippen LogP contribution in [0.25, 0.3) is 0 Å². The van der Waals surface area contributed by atoms with Gasteiger partial charge in [-0.1, -0.05) is 25.1 Å². The van der Waals surface area contributed by atoms with Crippen molar-refractivity contribution < 1.29 is 9.32 Å². The van der Waals surface area contributed by atoms with Crippen LogP contribution < -0.4 is 0 Å². The minimum absolute atomic E-state index is 0.0282. The molecule has 0 aliphatic heterocycles. The molecule has 0 spiro atoms. The number of carbonyl (C=O) groups excluding carboxylic acids is 1. The summed E-state index contributed by atoms with van der Waals surface area (Å²) in [7, 11) is 1.76. The second-order valence-corrected chi connectivity index (χ2v) is 5.16. The molecule has 0 atom stereocenters. The van der Waals surface area contributed by atoms with Crippen molar-refractivity contribution in [3.05, 3.63) is 47.6 Å². The first kappa shape index (κ1) is 14.2. The maximum absolute atomic E-state index is 12.1. The second kappa shape index (κ2) is 6.32. The van der Waals surface area contributed by atoms with Gasteiger partial charge in [-0.15, -0.1) is 0 Å². The van der Waals surface area contributed by atoms with E-state index in [0.29, 0.717) is 24.6 Å². The number of rotatable bonds is 5. The number of pyridine rings is 1. The lowest BCUT2D eigenvalue weighted by Gasteiger charge is -2.15. The molecule has 0 aliphatic carbocycles. The third-order valence-electron chi connectivity index (χ3n) is 3.07. The first-order chi connectivity index (χ1) is 9.56. The van der Waals surface area contributed by atoms with Gasteiger partial charge in [0.05, 0.1) is 18.7 Å². The molecule has 1 amide bonds. The van der Waals surface area contributed by atoms with Crippen LogP contribution in [0.15, 0.2) is 35.1 Å². The fourth-order valence-electron chi connectivity index (χ4n) is 1.81. The van der Waals surface area contributed by atoms with E-state index in [1.807, 2.05) is 18.2 Å². The highest BCUT2D eigenvalue weighted by molar-refractivity contribution is 5.78. The number of hydrogen-bond donors (Lipinski definition) is 0. The Labute approximate surface area is 118 Å². The highest BCUT2D eigenvalue weighted by Gasteiger charge is 2.14. The largest absolute Gasteiger partial charge is 0.359 e. The molecule has 0 aliphatic rings. The van der Waals surface area contributed by atoms with Crippen LogP contribution in [0.2, 0.25) is 0 Å². The molecule has 0 saturated carbocycles. The zero-order valence-corrected chi connectivity index (χ0v) is 12.0. The number of hydrogen-bond acceptors (Lipinski definition) is 4. The van der Waals surface area contributed by atoms with Crippen LogP contribution in [-0.4, -0.2) is 28.0 Å². The highest BCUT2D eigenvalue weighted by Crippen LogP contribution is 2.15. The lowest BCUT2D eigenvalue weighted by atomic mass is 10.1. The Balaban J connectivity index is 1.93. The SMILES string of the molecule is CC(C)c1cc(CN(C)C(=O)Cc2cccnc2)on1. The van der Waals surface area contributed by atoms with Gasteiger partial charge in [-0.3, -0.25) is 9.78 Å². The Bertz CT molecular complexity index is 564. The first-order valence-corrected chi connectivity index (χ1v) is 6.64. The minimum Gasteiger partial charge on any atom is -0.359 e. The summed E-state index contributed by atoms with van der Waals surface area (Å²) >= 11 is 0. The summed E-state index contributed by atoms with van der Waals surface area (Å²) in [6.07, 6.45) is 3.74. The molecule has 5 heteroatoms. The summed E-state index contributed by atoms with van der Waals surface area (Å²) in [6, 6.07) is 5.62. The van der Waals surface area contributed by atoms with E-state index in [1.165, 1.54) is 0 Å². The van der Waals surface area contributed by atoms with Gasteiger partial charge < -0.3 is 9.42 Å². The molecule has 106 valence electrons. The van der Waals surface area contributed by atoms with Crippen LogP contribution in [-0.2, 0) is 17.8 Å². The summed E-state index contributed by atoms with van der Waals surface area (Å²) in [5.41, 5.74) is 1.82. The average Bonchev–Trinajstić information content (AvgIpc) is 2.88. The third kappa shape index (κ3) is 3.66. The molecule has 0 unspecified atom stereocenters. The van der Waals surface area contributed by atoms with Gasteiger partial charge in [0.1, 0.15) is 0 Å². The molecule has 0 fully saturated rings. The molecular formula is C15H19N3O2. The number of amides is 1. The van der Waals surface area contributed by atoms with E-state index >= 15 is 0 Å². The molecule has 2 aromatic rings. The van der Waals surface area contributed by atoms with Crippen LogP contribution in [0.4, 0.5) is 0 Å². The third-order valence-corrected chi connectivity index (χ3v) is 3.07. The Morgan fingerprint density at radius 3 is 2.85 bits per heavy atom. The van der Waals surface area contributed by atoms with Crippen molar-refractivity contribution in [2.24, 2.45) is 0 Å². The fraction of sp³-hybridized carbons (Fsp3) is 0.400. The van der Waals surface area contributed by atoms with Crippen LogP contribution >= 0.6 is 0 Å². The van der Waals surface area contributed by atoms with Gasteiger partial charge in [-0.25, -0.2) is 0 Å². The summed E-state index contributed by atoms with van der Waals surface area (Å²) in [5, 5.41) is 3.99. The van der Waals surface area contributed by atoms with E-state index < -0.39 is 0 Å². The minimum atomic E-state index is 0.0282. The molecule has 5 nitrogen and oxygen atoms in total. The molecule has 20 heavy (non-hydrogen) atoms. The quantitative estimate of drug-likeness (QED) is 0.839. The zero-order chi connectivity index (χ0) is 14.5. The van der Waals surface area contributed by atoms with Gasteiger partial charge in [0.15, 0.2) is 5.76 Å². The van der Waals surface area contributed by atoms with Crippen molar-refractivity contribution in [3.8, 4) is 0 Å². The topological polar surface area (TPSA) is 59.2 Å². The average molecular weight is 273 g/mol. The maximum atomic E-state index is 12.1. The summed E-state index contributed by atoms with van der Waals surface area (Å²) < 4.78 is 5.24. The van der Waals surface area contributed by atoms with E-state index in [-0.39, 0.29) is 5.91 Å². The summed E-state index contributed by atoms with van der Waals surface area (Å²) in [4.78, 5) is 17.7. The Kier molecular flexibility index (Phi) is 4.50. The highest BCUT2D eigenvalue weighted by atomic mass is 16.5. The Hall–Kier alpha value is -2.17. The molecule has 0 radical (unpaired) electrons. The predicted molar refractivity (Wildman–Crippen MR) is 75.0 cm³/mol. The van der Waals surface area contributed by atoms with Crippen LogP contribution in [0.1, 0.15) is 36.8 Å². The fourth-order valence-corrected chi connectivity index (χ4v) is 1.81. The monoisotopic (exact) mass is 273 g/mol. The van der Waals surface area contributed by atoms with Crippen molar-refractivity contribution in [1.29, 1.82) is 0 Å².